The molecule has 1 atom stereocenters. The zero-order chi connectivity index (χ0) is 24.0. The van der Waals surface area contributed by atoms with Gasteiger partial charge in [-0.2, -0.15) is 0 Å². The number of ether oxygens (including phenoxy) is 1. The molecule has 1 unspecified atom stereocenters. The van der Waals surface area contributed by atoms with E-state index in [9.17, 15) is 4.79 Å². The number of amides is 1. The van der Waals surface area contributed by atoms with Crippen LogP contribution in [-0.2, 0) is 11.3 Å². The highest BCUT2D eigenvalue weighted by Gasteiger charge is 2.20. The molecule has 0 bridgehead atoms. The highest BCUT2D eigenvalue weighted by atomic mass is 32.2. The zero-order valence-corrected chi connectivity index (χ0v) is 20.8. The van der Waals surface area contributed by atoms with Gasteiger partial charge in [0.05, 0.1) is 5.75 Å². The van der Waals surface area contributed by atoms with Gasteiger partial charge in [0.25, 0.3) is 0 Å². The highest BCUT2D eigenvalue weighted by Crippen LogP contribution is 2.26. The van der Waals surface area contributed by atoms with E-state index in [2.05, 4.69) is 49.8 Å². The summed E-state index contributed by atoms with van der Waals surface area (Å²) in [5.41, 5.74) is 4.42. The maximum atomic E-state index is 12.5. The van der Waals surface area contributed by atoms with Crippen LogP contribution in [0.15, 0.2) is 60.3 Å². The summed E-state index contributed by atoms with van der Waals surface area (Å²) in [7, 11) is 0. The number of allylic oxidation sites excluding steroid dienone is 1. The maximum absolute atomic E-state index is 12.5. The van der Waals surface area contributed by atoms with Crippen LogP contribution in [0, 0.1) is 13.8 Å². The lowest BCUT2D eigenvalue weighted by atomic mass is 10.0. The standard InChI is InChI=1S/C26H32N4O2S/c1-7-14-30-25(20(6)32-23-13-8-18(4)19(5)15-23)28-29-26(30)33-16-24(31)27-22-11-9-21(10-12-22)17(2)3/h7-13,15,17,20H,1,14,16H2,2-6H3,(H,27,31). The Bertz CT molecular complexity index is 1110. The number of nitrogens with one attached hydrogen (secondary N) is 1. The van der Waals surface area contributed by atoms with E-state index in [0.717, 1.165) is 11.4 Å². The largest absolute Gasteiger partial charge is 0.483 e. The van der Waals surface area contributed by atoms with E-state index in [0.29, 0.717) is 23.4 Å². The first-order chi connectivity index (χ1) is 15.8. The van der Waals surface area contributed by atoms with Crippen LogP contribution >= 0.6 is 11.8 Å². The minimum absolute atomic E-state index is 0.0913. The molecule has 1 amide bonds. The first-order valence-electron chi connectivity index (χ1n) is 11.1. The topological polar surface area (TPSA) is 69.0 Å². The summed E-state index contributed by atoms with van der Waals surface area (Å²) in [6.07, 6.45) is 1.48. The van der Waals surface area contributed by atoms with Crippen molar-refractivity contribution in [2.24, 2.45) is 0 Å². The van der Waals surface area contributed by atoms with Crippen LogP contribution < -0.4 is 10.1 Å². The van der Waals surface area contributed by atoms with Crippen molar-refractivity contribution < 1.29 is 9.53 Å². The van der Waals surface area contributed by atoms with Crippen LogP contribution in [0.3, 0.4) is 0 Å². The lowest BCUT2D eigenvalue weighted by molar-refractivity contribution is -0.113. The third-order valence-electron chi connectivity index (χ3n) is 5.41. The Morgan fingerprint density at radius 2 is 1.85 bits per heavy atom. The summed E-state index contributed by atoms with van der Waals surface area (Å²) < 4.78 is 8.06. The zero-order valence-electron chi connectivity index (χ0n) is 20.0. The van der Waals surface area contributed by atoms with Crippen LogP contribution in [0.25, 0.3) is 0 Å². The number of carbonyl (C=O) groups is 1. The molecule has 174 valence electrons. The molecule has 0 aliphatic heterocycles. The molecule has 2 aromatic carbocycles. The first-order valence-corrected chi connectivity index (χ1v) is 12.1. The van der Waals surface area contributed by atoms with Crippen molar-refractivity contribution >= 4 is 23.4 Å². The summed E-state index contributed by atoms with van der Waals surface area (Å²) in [4.78, 5) is 12.5. The van der Waals surface area contributed by atoms with Gasteiger partial charge in [-0.3, -0.25) is 9.36 Å². The molecule has 0 spiro atoms. The van der Waals surface area contributed by atoms with E-state index in [1.165, 1.54) is 28.5 Å². The fourth-order valence-corrected chi connectivity index (χ4v) is 4.09. The van der Waals surface area contributed by atoms with Gasteiger partial charge in [0.15, 0.2) is 17.1 Å². The number of aromatic nitrogens is 3. The molecule has 1 aromatic heterocycles. The lowest BCUT2D eigenvalue weighted by Gasteiger charge is -2.16. The Kier molecular flexibility index (Phi) is 8.33. The van der Waals surface area contributed by atoms with Gasteiger partial charge in [-0.15, -0.1) is 16.8 Å². The summed E-state index contributed by atoms with van der Waals surface area (Å²) in [6.45, 7) is 14.7. The second-order valence-electron chi connectivity index (χ2n) is 8.36. The van der Waals surface area contributed by atoms with Crippen molar-refractivity contribution in [2.45, 2.75) is 58.3 Å². The van der Waals surface area contributed by atoms with Crippen LogP contribution in [0.5, 0.6) is 5.75 Å². The molecule has 0 saturated heterocycles. The Morgan fingerprint density at radius 1 is 1.12 bits per heavy atom. The smallest absolute Gasteiger partial charge is 0.234 e. The number of anilines is 1. The average molecular weight is 465 g/mol. The normalized spacial score (nSPS) is 11.9. The summed E-state index contributed by atoms with van der Waals surface area (Å²) in [6, 6.07) is 14.0. The van der Waals surface area contributed by atoms with Gasteiger partial charge in [-0.25, -0.2) is 0 Å². The summed E-state index contributed by atoms with van der Waals surface area (Å²) >= 11 is 1.35. The molecule has 0 aliphatic rings. The molecule has 6 nitrogen and oxygen atoms in total. The van der Waals surface area contributed by atoms with Gasteiger partial charge in [0.1, 0.15) is 5.75 Å². The monoisotopic (exact) mass is 464 g/mol. The van der Waals surface area contributed by atoms with E-state index < -0.39 is 0 Å². The molecule has 33 heavy (non-hydrogen) atoms. The number of nitrogens with zero attached hydrogens (tertiary/aromatic N) is 3. The third kappa shape index (κ3) is 6.48. The van der Waals surface area contributed by atoms with E-state index in [1.54, 1.807) is 6.08 Å². The van der Waals surface area contributed by atoms with E-state index in [4.69, 9.17) is 4.74 Å². The maximum Gasteiger partial charge on any atom is 0.234 e. The molecule has 3 aromatic rings. The molecule has 3 rings (SSSR count). The van der Waals surface area contributed by atoms with Crippen molar-refractivity contribution in [3.63, 3.8) is 0 Å². The molecule has 0 radical (unpaired) electrons. The number of aryl methyl sites for hydroxylation is 2. The Hall–Kier alpha value is -3.06. The first kappa shape index (κ1) is 24.6. The van der Waals surface area contributed by atoms with E-state index >= 15 is 0 Å². The molecular weight excluding hydrogens is 432 g/mol. The second kappa shape index (κ2) is 11.2. The van der Waals surface area contributed by atoms with Crippen molar-refractivity contribution in [3.8, 4) is 5.75 Å². The van der Waals surface area contributed by atoms with Gasteiger partial charge in [0, 0.05) is 12.2 Å². The van der Waals surface area contributed by atoms with Crippen molar-refractivity contribution in [2.75, 3.05) is 11.1 Å². The molecule has 1 heterocycles. The van der Waals surface area contributed by atoms with Gasteiger partial charge in [-0.05, 0) is 67.6 Å². The quantitative estimate of drug-likeness (QED) is 0.291. The Labute approximate surface area is 200 Å². The van der Waals surface area contributed by atoms with Crippen LogP contribution in [0.2, 0.25) is 0 Å². The third-order valence-corrected chi connectivity index (χ3v) is 6.37. The summed E-state index contributed by atoms with van der Waals surface area (Å²) in [5, 5.41) is 12.3. The minimum atomic E-state index is -0.304. The number of benzene rings is 2. The Morgan fingerprint density at radius 3 is 2.48 bits per heavy atom. The number of thioether (sulfide) groups is 1. The molecule has 0 fully saturated rings. The molecule has 1 N–H and O–H groups in total. The van der Waals surface area contributed by atoms with Crippen LogP contribution in [0.1, 0.15) is 55.3 Å². The van der Waals surface area contributed by atoms with Crippen LogP contribution in [-0.4, -0.2) is 26.4 Å². The molecule has 0 aliphatic carbocycles. The molecule has 7 heteroatoms. The predicted octanol–water partition coefficient (Wildman–Crippen LogP) is 6.08. The minimum Gasteiger partial charge on any atom is -0.483 e. The lowest BCUT2D eigenvalue weighted by Crippen LogP contribution is -2.15. The number of rotatable bonds is 10. The fraction of sp³-hybridized carbons (Fsp3) is 0.346. The fourth-order valence-electron chi connectivity index (χ4n) is 3.33. The number of hydrogen-bond acceptors (Lipinski definition) is 5. The molecule has 0 saturated carbocycles. The average Bonchev–Trinajstić information content (AvgIpc) is 3.18. The van der Waals surface area contributed by atoms with Crippen molar-refractivity contribution in [1.29, 1.82) is 0 Å². The van der Waals surface area contributed by atoms with Gasteiger partial charge in [-0.1, -0.05) is 49.9 Å². The van der Waals surface area contributed by atoms with E-state index in [1.807, 2.05) is 54.0 Å². The number of carbonyl (C=O) groups excluding carboxylic acids is 1. The molecular formula is C26H32N4O2S. The highest BCUT2D eigenvalue weighted by molar-refractivity contribution is 7.99. The second-order valence-corrected chi connectivity index (χ2v) is 9.30. The van der Waals surface area contributed by atoms with Gasteiger partial charge < -0.3 is 10.1 Å². The van der Waals surface area contributed by atoms with Crippen molar-refractivity contribution in [1.82, 2.24) is 14.8 Å². The van der Waals surface area contributed by atoms with Crippen LogP contribution in [0.4, 0.5) is 5.69 Å². The van der Waals surface area contributed by atoms with Gasteiger partial charge >= 0.3 is 0 Å². The van der Waals surface area contributed by atoms with Crippen molar-refractivity contribution in [3.05, 3.63) is 77.6 Å². The SMILES string of the molecule is C=CCn1c(SCC(=O)Nc2ccc(C(C)C)cc2)nnc1C(C)Oc1ccc(C)c(C)c1. The summed E-state index contributed by atoms with van der Waals surface area (Å²) in [5.74, 6) is 2.08. The Balaban J connectivity index is 1.65. The van der Waals surface area contributed by atoms with E-state index in [-0.39, 0.29) is 17.8 Å². The predicted molar refractivity (Wildman–Crippen MR) is 135 cm³/mol. The number of hydrogen-bond donors (Lipinski definition) is 1. The van der Waals surface area contributed by atoms with Gasteiger partial charge in [0.2, 0.25) is 5.91 Å².